The van der Waals surface area contributed by atoms with Crippen molar-refractivity contribution >= 4 is 17.4 Å². The second kappa shape index (κ2) is 7.53. The van der Waals surface area contributed by atoms with E-state index in [4.69, 9.17) is 0 Å². The number of hydrogen-bond acceptors (Lipinski definition) is 5. The van der Waals surface area contributed by atoms with Crippen LogP contribution in [0.5, 0.6) is 0 Å². The summed E-state index contributed by atoms with van der Waals surface area (Å²) in [4.78, 5) is 14.6. The van der Waals surface area contributed by atoms with E-state index in [1.54, 1.807) is 29.2 Å². The summed E-state index contributed by atoms with van der Waals surface area (Å²) in [7, 11) is 0. The predicted molar refractivity (Wildman–Crippen MR) is 99.1 cm³/mol. The van der Waals surface area contributed by atoms with E-state index in [0.717, 1.165) is 25.2 Å². The van der Waals surface area contributed by atoms with E-state index in [2.05, 4.69) is 25.5 Å². The molecule has 1 amide bonds. The molecule has 3 heterocycles. The van der Waals surface area contributed by atoms with Crippen LogP contribution in [0.4, 0.5) is 15.9 Å². The monoisotopic (exact) mass is 366 g/mol. The molecule has 0 spiro atoms. The fraction of sp³-hybridized carbons (Fsp3) is 0.263. The Bertz CT molecular complexity index is 895. The fourth-order valence-corrected chi connectivity index (χ4v) is 3.19. The lowest BCUT2D eigenvalue weighted by atomic mass is 9.97. The number of nitrogens with one attached hydrogen (secondary N) is 1. The molecule has 1 saturated heterocycles. The number of amides is 1. The van der Waals surface area contributed by atoms with Crippen molar-refractivity contribution in [3.05, 3.63) is 60.7 Å². The Morgan fingerprint density at radius 3 is 2.59 bits per heavy atom. The molecule has 0 aliphatic carbocycles. The summed E-state index contributed by atoms with van der Waals surface area (Å²) >= 11 is 0. The number of carbonyl (C=O) groups is 1. The lowest BCUT2D eigenvalue weighted by Gasteiger charge is -2.32. The number of hydrogen-bond donors (Lipinski definition) is 1. The molecule has 1 unspecified atom stereocenters. The summed E-state index contributed by atoms with van der Waals surface area (Å²) in [5.41, 5.74) is 0.599. The van der Waals surface area contributed by atoms with Crippen LogP contribution < -0.4 is 10.2 Å². The summed E-state index contributed by atoms with van der Waals surface area (Å²) in [6, 6.07) is 11.4. The molecule has 1 fully saturated rings. The third kappa shape index (κ3) is 3.94. The molecule has 1 atom stereocenters. The van der Waals surface area contributed by atoms with Gasteiger partial charge in [-0.1, -0.05) is 0 Å². The van der Waals surface area contributed by atoms with Crippen LogP contribution in [0.3, 0.4) is 0 Å². The smallest absolute Gasteiger partial charge is 0.229 e. The maximum absolute atomic E-state index is 13.0. The third-order valence-electron chi connectivity index (χ3n) is 4.60. The molecule has 2 aromatic heterocycles. The van der Waals surface area contributed by atoms with Gasteiger partial charge < -0.3 is 10.2 Å². The standard InChI is InChI=1S/C19H19FN6O/c20-15-4-6-16(7-5-15)22-19(27)14-3-1-11-25(13-14)17-8-9-18(24-23-17)26-12-2-10-21-26/h2,4-10,12,14H,1,3,11,13H2,(H,22,27). The molecule has 0 radical (unpaired) electrons. The van der Waals surface area contributed by atoms with Crippen molar-refractivity contribution in [1.82, 2.24) is 20.0 Å². The number of anilines is 2. The van der Waals surface area contributed by atoms with E-state index in [0.29, 0.717) is 18.1 Å². The number of carbonyl (C=O) groups excluding carboxylic acids is 1. The first kappa shape index (κ1) is 17.1. The van der Waals surface area contributed by atoms with Crippen molar-refractivity contribution < 1.29 is 9.18 Å². The van der Waals surface area contributed by atoms with Crippen molar-refractivity contribution in [3.8, 4) is 5.82 Å². The van der Waals surface area contributed by atoms with Crippen LogP contribution in [0.25, 0.3) is 5.82 Å². The molecule has 3 aromatic rings. The van der Waals surface area contributed by atoms with Crippen LogP contribution in [-0.4, -0.2) is 39.0 Å². The number of nitrogens with zero attached hydrogens (tertiary/aromatic N) is 5. The quantitative estimate of drug-likeness (QED) is 0.768. The highest BCUT2D eigenvalue weighted by Gasteiger charge is 2.26. The molecular weight excluding hydrogens is 347 g/mol. The van der Waals surface area contributed by atoms with E-state index in [1.807, 2.05) is 18.2 Å². The van der Waals surface area contributed by atoms with Crippen LogP contribution >= 0.6 is 0 Å². The van der Waals surface area contributed by atoms with Gasteiger partial charge in [-0.05, 0) is 55.3 Å². The maximum atomic E-state index is 13.0. The van der Waals surface area contributed by atoms with Gasteiger partial charge in [0.2, 0.25) is 5.91 Å². The van der Waals surface area contributed by atoms with Gasteiger partial charge in [-0.25, -0.2) is 9.07 Å². The number of aromatic nitrogens is 4. The highest BCUT2D eigenvalue weighted by molar-refractivity contribution is 5.93. The fourth-order valence-electron chi connectivity index (χ4n) is 3.19. The Kier molecular flexibility index (Phi) is 4.78. The minimum atomic E-state index is -0.325. The van der Waals surface area contributed by atoms with E-state index in [1.165, 1.54) is 12.1 Å². The summed E-state index contributed by atoms with van der Waals surface area (Å²) in [6.45, 7) is 1.40. The highest BCUT2D eigenvalue weighted by atomic mass is 19.1. The second-order valence-corrected chi connectivity index (χ2v) is 6.48. The van der Waals surface area contributed by atoms with Gasteiger partial charge in [0.15, 0.2) is 11.6 Å². The largest absolute Gasteiger partial charge is 0.354 e. The molecule has 8 heteroatoms. The van der Waals surface area contributed by atoms with Gasteiger partial charge in [-0.2, -0.15) is 5.10 Å². The number of benzene rings is 1. The summed E-state index contributed by atoms with van der Waals surface area (Å²) in [5, 5.41) is 15.5. The van der Waals surface area contributed by atoms with Crippen LogP contribution in [0.15, 0.2) is 54.9 Å². The lowest BCUT2D eigenvalue weighted by Crippen LogP contribution is -2.41. The topological polar surface area (TPSA) is 75.9 Å². The van der Waals surface area contributed by atoms with Gasteiger partial charge in [-0.3, -0.25) is 4.79 Å². The van der Waals surface area contributed by atoms with Gasteiger partial charge in [0.05, 0.1) is 5.92 Å². The molecule has 1 aliphatic heterocycles. The zero-order valence-electron chi connectivity index (χ0n) is 14.6. The number of halogens is 1. The zero-order valence-corrected chi connectivity index (χ0v) is 14.6. The Labute approximate surface area is 155 Å². The van der Waals surface area contributed by atoms with Gasteiger partial charge in [0.25, 0.3) is 0 Å². The van der Waals surface area contributed by atoms with Crippen molar-refractivity contribution in [3.63, 3.8) is 0 Å². The van der Waals surface area contributed by atoms with E-state index in [-0.39, 0.29) is 17.6 Å². The van der Waals surface area contributed by atoms with E-state index < -0.39 is 0 Å². The molecule has 1 N–H and O–H groups in total. The first-order valence-corrected chi connectivity index (χ1v) is 8.84. The van der Waals surface area contributed by atoms with Crippen molar-refractivity contribution in [2.45, 2.75) is 12.8 Å². The molecule has 1 aliphatic rings. The summed E-state index contributed by atoms with van der Waals surface area (Å²) in [5.74, 6) is 0.842. The van der Waals surface area contributed by atoms with Gasteiger partial charge >= 0.3 is 0 Å². The molecule has 27 heavy (non-hydrogen) atoms. The van der Waals surface area contributed by atoms with E-state index in [9.17, 15) is 9.18 Å². The number of piperidine rings is 1. The van der Waals surface area contributed by atoms with Gasteiger partial charge in [-0.15, -0.1) is 10.2 Å². The van der Waals surface area contributed by atoms with Gasteiger partial charge in [0.1, 0.15) is 5.82 Å². The lowest BCUT2D eigenvalue weighted by molar-refractivity contribution is -0.120. The first-order chi connectivity index (χ1) is 13.2. The minimum Gasteiger partial charge on any atom is -0.354 e. The van der Waals surface area contributed by atoms with E-state index >= 15 is 0 Å². The highest BCUT2D eigenvalue weighted by Crippen LogP contribution is 2.23. The molecule has 0 saturated carbocycles. The van der Waals surface area contributed by atoms with Gasteiger partial charge in [0, 0.05) is 31.2 Å². The average molecular weight is 366 g/mol. The normalized spacial score (nSPS) is 16.9. The van der Waals surface area contributed by atoms with Crippen molar-refractivity contribution in [2.24, 2.45) is 5.92 Å². The molecule has 7 nitrogen and oxygen atoms in total. The maximum Gasteiger partial charge on any atom is 0.229 e. The molecule has 138 valence electrons. The predicted octanol–water partition coefficient (Wildman–Crippen LogP) is 2.66. The van der Waals surface area contributed by atoms with Crippen LogP contribution in [0, 0.1) is 11.7 Å². The van der Waals surface area contributed by atoms with Crippen LogP contribution in [0.2, 0.25) is 0 Å². The van der Waals surface area contributed by atoms with Crippen LogP contribution in [0.1, 0.15) is 12.8 Å². The molecule has 0 bridgehead atoms. The second-order valence-electron chi connectivity index (χ2n) is 6.48. The Morgan fingerprint density at radius 2 is 1.89 bits per heavy atom. The summed E-state index contributed by atoms with van der Waals surface area (Å²) < 4.78 is 14.6. The third-order valence-corrected chi connectivity index (χ3v) is 4.60. The SMILES string of the molecule is O=C(Nc1ccc(F)cc1)C1CCCN(c2ccc(-n3cccn3)nn2)C1. The van der Waals surface area contributed by atoms with Crippen molar-refractivity contribution in [2.75, 3.05) is 23.3 Å². The minimum absolute atomic E-state index is 0.0626. The number of rotatable bonds is 4. The average Bonchev–Trinajstić information content (AvgIpc) is 3.25. The molecule has 4 rings (SSSR count). The van der Waals surface area contributed by atoms with Crippen LogP contribution in [-0.2, 0) is 4.79 Å². The summed E-state index contributed by atoms with van der Waals surface area (Å²) in [6.07, 6.45) is 5.19. The molecule has 1 aromatic carbocycles. The Balaban J connectivity index is 1.41. The van der Waals surface area contributed by atoms with Crippen molar-refractivity contribution in [1.29, 1.82) is 0 Å². The Morgan fingerprint density at radius 1 is 1.11 bits per heavy atom. The zero-order chi connectivity index (χ0) is 18.6. The first-order valence-electron chi connectivity index (χ1n) is 8.84. The molecular formula is C19H19FN6O. The Hall–Kier alpha value is -3.29.